The van der Waals surface area contributed by atoms with Crippen LogP contribution in [0.25, 0.3) is 0 Å². The Morgan fingerprint density at radius 2 is 2.25 bits per heavy atom. The fourth-order valence-electron chi connectivity index (χ4n) is 1.28. The summed E-state index contributed by atoms with van der Waals surface area (Å²) in [5, 5.41) is 5.72. The number of hydrogen-bond acceptors (Lipinski definition) is 3. The van der Waals surface area contributed by atoms with Gasteiger partial charge in [0.1, 0.15) is 0 Å². The first-order chi connectivity index (χ1) is 7.58. The van der Waals surface area contributed by atoms with E-state index in [-0.39, 0.29) is 11.9 Å². The van der Waals surface area contributed by atoms with Gasteiger partial charge in [0.25, 0.3) is 5.91 Å². The highest BCUT2D eigenvalue weighted by molar-refractivity contribution is 5.95. The SMILES string of the molecule is C=CC(C)Nc1ccc(C(=O)NC)cc1N. The lowest BCUT2D eigenvalue weighted by molar-refractivity contribution is 0.0963. The van der Waals surface area contributed by atoms with E-state index in [0.29, 0.717) is 11.3 Å². The minimum absolute atomic E-state index is 0.133. The van der Waals surface area contributed by atoms with Crippen LogP contribution in [-0.4, -0.2) is 19.0 Å². The maximum absolute atomic E-state index is 11.4. The van der Waals surface area contributed by atoms with Crippen LogP contribution < -0.4 is 16.4 Å². The van der Waals surface area contributed by atoms with Crippen molar-refractivity contribution in [2.24, 2.45) is 0 Å². The molecule has 0 aromatic heterocycles. The quantitative estimate of drug-likeness (QED) is 0.532. The number of amides is 1. The molecule has 4 heteroatoms. The molecule has 4 nitrogen and oxygen atoms in total. The summed E-state index contributed by atoms with van der Waals surface area (Å²) in [5.41, 5.74) is 7.75. The van der Waals surface area contributed by atoms with Crippen LogP contribution in [0.3, 0.4) is 0 Å². The number of anilines is 2. The molecule has 16 heavy (non-hydrogen) atoms. The summed E-state index contributed by atoms with van der Waals surface area (Å²) in [4.78, 5) is 11.4. The predicted molar refractivity (Wildman–Crippen MR) is 67.5 cm³/mol. The Labute approximate surface area is 95.5 Å². The normalized spacial score (nSPS) is 11.6. The fraction of sp³-hybridized carbons (Fsp3) is 0.250. The summed E-state index contributed by atoms with van der Waals surface area (Å²) >= 11 is 0. The average Bonchev–Trinajstić information content (AvgIpc) is 2.30. The topological polar surface area (TPSA) is 67.2 Å². The molecule has 0 aliphatic carbocycles. The second-order valence-corrected chi connectivity index (χ2v) is 3.55. The molecule has 1 rings (SSSR count). The van der Waals surface area contributed by atoms with Crippen molar-refractivity contribution in [3.8, 4) is 0 Å². The number of nitrogens with one attached hydrogen (secondary N) is 2. The smallest absolute Gasteiger partial charge is 0.251 e. The first-order valence-corrected chi connectivity index (χ1v) is 5.09. The molecule has 0 fully saturated rings. The van der Waals surface area contributed by atoms with Crippen molar-refractivity contribution < 1.29 is 4.79 Å². The minimum atomic E-state index is -0.144. The third kappa shape index (κ3) is 2.76. The van der Waals surface area contributed by atoms with Crippen molar-refractivity contribution in [1.82, 2.24) is 5.32 Å². The zero-order valence-electron chi connectivity index (χ0n) is 9.58. The van der Waals surface area contributed by atoms with Crippen LogP contribution in [0.4, 0.5) is 11.4 Å². The van der Waals surface area contributed by atoms with E-state index in [4.69, 9.17) is 5.73 Å². The van der Waals surface area contributed by atoms with E-state index < -0.39 is 0 Å². The molecular formula is C12H17N3O. The molecule has 0 radical (unpaired) electrons. The second kappa shape index (κ2) is 5.21. The standard InChI is InChI=1S/C12H17N3O/c1-4-8(2)15-11-6-5-9(7-10(11)13)12(16)14-3/h4-8,15H,1,13H2,2-3H3,(H,14,16). The summed E-state index contributed by atoms with van der Waals surface area (Å²) < 4.78 is 0. The zero-order valence-corrected chi connectivity index (χ0v) is 9.58. The summed E-state index contributed by atoms with van der Waals surface area (Å²) in [6.07, 6.45) is 1.78. The van der Waals surface area contributed by atoms with Crippen LogP contribution in [0.5, 0.6) is 0 Å². The molecule has 0 spiro atoms. The van der Waals surface area contributed by atoms with Gasteiger partial charge in [0, 0.05) is 18.7 Å². The largest absolute Gasteiger partial charge is 0.397 e. The van der Waals surface area contributed by atoms with Crippen molar-refractivity contribution >= 4 is 17.3 Å². The van der Waals surface area contributed by atoms with E-state index in [0.717, 1.165) is 5.69 Å². The second-order valence-electron chi connectivity index (χ2n) is 3.55. The maximum Gasteiger partial charge on any atom is 0.251 e. The third-order valence-electron chi connectivity index (χ3n) is 2.28. The highest BCUT2D eigenvalue weighted by Gasteiger charge is 2.07. The van der Waals surface area contributed by atoms with Crippen molar-refractivity contribution in [3.05, 3.63) is 36.4 Å². The molecule has 4 N–H and O–H groups in total. The van der Waals surface area contributed by atoms with Crippen LogP contribution in [0, 0.1) is 0 Å². The van der Waals surface area contributed by atoms with Gasteiger partial charge in [-0.1, -0.05) is 6.08 Å². The lowest BCUT2D eigenvalue weighted by atomic mass is 10.1. The molecule has 0 saturated heterocycles. The lowest BCUT2D eigenvalue weighted by Crippen LogP contribution is -2.18. The Bertz CT molecular complexity index is 401. The van der Waals surface area contributed by atoms with E-state index in [2.05, 4.69) is 17.2 Å². The zero-order chi connectivity index (χ0) is 12.1. The van der Waals surface area contributed by atoms with E-state index >= 15 is 0 Å². The number of nitrogen functional groups attached to an aromatic ring is 1. The van der Waals surface area contributed by atoms with Crippen LogP contribution in [0.15, 0.2) is 30.9 Å². The Balaban J connectivity index is 2.91. The van der Waals surface area contributed by atoms with E-state index in [9.17, 15) is 4.79 Å². The minimum Gasteiger partial charge on any atom is -0.397 e. The lowest BCUT2D eigenvalue weighted by Gasteiger charge is -2.13. The van der Waals surface area contributed by atoms with Crippen molar-refractivity contribution in [2.45, 2.75) is 13.0 Å². The van der Waals surface area contributed by atoms with Gasteiger partial charge < -0.3 is 16.4 Å². The predicted octanol–water partition coefficient (Wildman–Crippen LogP) is 1.61. The molecule has 1 aromatic carbocycles. The number of rotatable bonds is 4. The van der Waals surface area contributed by atoms with Gasteiger partial charge in [-0.05, 0) is 25.1 Å². The van der Waals surface area contributed by atoms with Gasteiger partial charge in [0.2, 0.25) is 0 Å². The van der Waals surface area contributed by atoms with E-state index in [1.807, 2.05) is 6.92 Å². The highest BCUT2D eigenvalue weighted by atomic mass is 16.1. The first-order valence-electron chi connectivity index (χ1n) is 5.09. The number of carbonyl (C=O) groups excluding carboxylic acids is 1. The number of carbonyl (C=O) groups is 1. The third-order valence-corrected chi connectivity index (χ3v) is 2.28. The van der Waals surface area contributed by atoms with Gasteiger partial charge in [-0.25, -0.2) is 0 Å². The summed E-state index contributed by atoms with van der Waals surface area (Å²) in [5.74, 6) is -0.144. The van der Waals surface area contributed by atoms with Gasteiger partial charge in [-0.3, -0.25) is 4.79 Å². The summed E-state index contributed by atoms with van der Waals surface area (Å²) in [6.45, 7) is 5.65. The maximum atomic E-state index is 11.4. The molecule has 0 heterocycles. The van der Waals surface area contributed by atoms with Crippen molar-refractivity contribution in [2.75, 3.05) is 18.1 Å². The number of nitrogens with two attached hydrogens (primary N) is 1. The molecule has 1 amide bonds. The Morgan fingerprint density at radius 1 is 1.56 bits per heavy atom. The Hall–Kier alpha value is -1.97. The number of hydrogen-bond donors (Lipinski definition) is 3. The first kappa shape index (κ1) is 12.1. The molecule has 1 atom stereocenters. The summed E-state index contributed by atoms with van der Waals surface area (Å²) in [6, 6.07) is 5.30. The molecule has 0 bridgehead atoms. The van der Waals surface area contributed by atoms with E-state index in [1.165, 1.54) is 0 Å². The molecule has 1 aromatic rings. The molecule has 0 saturated carbocycles. The van der Waals surface area contributed by atoms with Gasteiger partial charge in [0.05, 0.1) is 11.4 Å². The van der Waals surface area contributed by atoms with Crippen molar-refractivity contribution in [3.63, 3.8) is 0 Å². The van der Waals surface area contributed by atoms with Crippen LogP contribution >= 0.6 is 0 Å². The van der Waals surface area contributed by atoms with Gasteiger partial charge in [-0.15, -0.1) is 6.58 Å². The van der Waals surface area contributed by atoms with Gasteiger partial charge in [-0.2, -0.15) is 0 Å². The summed E-state index contributed by atoms with van der Waals surface area (Å²) in [7, 11) is 1.59. The molecule has 1 unspecified atom stereocenters. The van der Waals surface area contributed by atoms with Gasteiger partial charge >= 0.3 is 0 Å². The monoisotopic (exact) mass is 219 g/mol. The molecule has 0 aliphatic rings. The van der Waals surface area contributed by atoms with Crippen molar-refractivity contribution in [1.29, 1.82) is 0 Å². The van der Waals surface area contributed by atoms with Crippen LogP contribution in [-0.2, 0) is 0 Å². The Morgan fingerprint density at radius 3 is 2.75 bits per heavy atom. The molecule has 0 aliphatic heterocycles. The molecular weight excluding hydrogens is 202 g/mol. The average molecular weight is 219 g/mol. The van der Waals surface area contributed by atoms with Crippen LogP contribution in [0.1, 0.15) is 17.3 Å². The fourth-order valence-corrected chi connectivity index (χ4v) is 1.28. The number of benzene rings is 1. The molecule has 86 valence electrons. The van der Waals surface area contributed by atoms with Crippen LogP contribution in [0.2, 0.25) is 0 Å². The van der Waals surface area contributed by atoms with Gasteiger partial charge in [0.15, 0.2) is 0 Å². The Kier molecular flexibility index (Phi) is 3.94. The van der Waals surface area contributed by atoms with E-state index in [1.54, 1.807) is 31.3 Å². The highest BCUT2D eigenvalue weighted by Crippen LogP contribution is 2.20.